The van der Waals surface area contributed by atoms with Gasteiger partial charge in [0.05, 0.1) is 21.2 Å². The van der Waals surface area contributed by atoms with Crippen molar-refractivity contribution in [1.29, 1.82) is 0 Å². The average Bonchev–Trinajstić information content (AvgIpc) is 2.59. The Bertz CT molecular complexity index is 942. The Labute approximate surface area is 175 Å². The van der Waals surface area contributed by atoms with Crippen molar-refractivity contribution in [2.75, 3.05) is 18.1 Å². The van der Waals surface area contributed by atoms with Crippen LogP contribution in [0.3, 0.4) is 0 Å². The number of ether oxygens (including phenoxy) is 1. The van der Waals surface area contributed by atoms with Gasteiger partial charge in [-0.05, 0) is 45.8 Å². The monoisotopic (exact) mass is 550 g/mol. The van der Waals surface area contributed by atoms with E-state index in [0.717, 1.165) is 16.4 Å². The molecular weight excluding hydrogens is 540 g/mol. The predicted molar refractivity (Wildman–Crippen MR) is 103 cm³/mol. The van der Waals surface area contributed by atoms with E-state index in [4.69, 9.17) is 16.3 Å². The van der Waals surface area contributed by atoms with E-state index < -0.39 is 38.4 Å². The molecule has 0 bridgehead atoms. The molecule has 0 N–H and O–H groups in total. The van der Waals surface area contributed by atoms with Crippen LogP contribution in [0.1, 0.15) is 11.1 Å². The van der Waals surface area contributed by atoms with Crippen molar-refractivity contribution in [3.05, 3.63) is 51.2 Å². The average molecular weight is 553 g/mol. The Morgan fingerprint density at radius 1 is 1.30 bits per heavy atom. The van der Waals surface area contributed by atoms with Crippen LogP contribution < -0.4 is 4.31 Å². The molecule has 0 radical (unpaired) electrons. The first-order valence-corrected chi connectivity index (χ1v) is 10.8. The van der Waals surface area contributed by atoms with E-state index in [9.17, 15) is 21.6 Å². The molecule has 0 aliphatic carbocycles. The number of anilines is 1. The lowest BCUT2D eigenvalue weighted by Gasteiger charge is -2.25. The fraction of sp³-hybridized carbons (Fsp3) is 0.267. The molecular formula is C15H12Br2ClF3N2O3S. The summed E-state index contributed by atoms with van der Waals surface area (Å²) in [5.41, 5.74) is -0.456. The molecule has 0 aliphatic rings. The summed E-state index contributed by atoms with van der Waals surface area (Å²) in [6.07, 6.45) is -3.28. The minimum atomic E-state index is -4.80. The summed E-state index contributed by atoms with van der Waals surface area (Å²) in [5, 5.41) is -0.191. The minimum Gasteiger partial charge on any atom is -0.363 e. The van der Waals surface area contributed by atoms with Gasteiger partial charge in [0.2, 0.25) is 0 Å². The maximum atomic E-state index is 13.1. The second-order valence-corrected chi connectivity index (χ2v) is 8.78. The molecule has 0 saturated heterocycles. The first-order valence-electron chi connectivity index (χ1n) is 7.11. The van der Waals surface area contributed by atoms with Crippen LogP contribution in [0.4, 0.5) is 18.9 Å². The van der Waals surface area contributed by atoms with Crippen LogP contribution in [0, 0.1) is 0 Å². The topological polar surface area (TPSA) is 59.5 Å². The summed E-state index contributed by atoms with van der Waals surface area (Å²) in [4.78, 5) is 3.48. The van der Waals surface area contributed by atoms with Gasteiger partial charge in [-0.1, -0.05) is 27.5 Å². The van der Waals surface area contributed by atoms with Crippen molar-refractivity contribution < 1.29 is 26.3 Å². The van der Waals surface area contributed by atoms with E-state index in [1.807, 2.05) is 0 Å². The Kier molecular flexibility index (Phi) is 7.17. The fourth-order valence-electron chi connectivity index (χ4n) is 2.12. The summed E-state index contributed by atoms with van der Waals surface area (Å²) in [5.74, 6) is 0. The number of rotatable bonds is 6. The third kappa shape index (κ3) is 4.94. The molecule has 0 spiro atoms. The molecule has 27 heavy (non-hydrogen) atoms. The summed E-state index contributed by atoms with van der Waals surface area (Å²) in [7, 11) is -3.13. The number of halogens is 6. The largest absolute Gasteiger partial charge is 0.417 e. The number of sulfonamides is 1. The molecule has 0 atom stereocenters. The first kappa shape index (κ1) is 22.4. The van der Waals surface area contributed by atoms with E-state index >= 15 is 0 Å². The van der Waals surface area contributed by atoms with Gasteiger partial charge in [-0.3, -0.25) is 0 Å². The second kappa shape index (κ2) is 8.64. The molecule has 0 fully saturated rings. The molecule has 12 heteroatoms. The van der Waals surface area contributed by atoms with Gasteiger partial charge in [0.25, 0.3) is 10.0 Å². The zero-order valence-electron chi connectivity index (χ0n) is 13.6. The van der Waals surface area contributed by atoms with Crippen LogP contribution >= 0.6 is 43.5 Å². The summed E-state index contributed by atoms with van der Waals surface area (Å²) < 4.78 is 71.4. The Morgan fingerprint density at radius 2 is 1.96 bits per heavy atom. The predicted octanol–water partition coefficient (Wildman–Crippen LogP) is 5.21. The van der Waals surface area contributed by atoms with Gasteiger partial charge in [-0.2, -0.15) is 13.2 Å². The number of pyridine rings is 1. The fourth-order valence-corrected chi connectivity index (χ4v) is 4.60. The Balaban J connectivity index is 2.64. The van der Waals surface area contributed by atoms with Crippen molar-refractivity contribution in [2.24, 2.45) is 0 Å². The molecule has 148 valence electrons. The highest BCUT2D eigenvalue weighted by molar-refractivity contribution is 9.10. The van der Waals surface area contributed by atoms with Crippen LogP contribution in [0.15, 0.2) is 40.0 Å². The molecule has 5 nitrogen and oxygen atoms in total. The third-order valence-corrected chi connectivity index (χ3v) is 6.70. The van der Waals surface area contributed by atoms with Gasteiger partial charge < -0.3 is 4.74 Å². The maximum Gasteiger partial charge on any atom is 0.417 e. The first-order chi connectivity index (χ1) is 12.5. The number of benzene rings is 1. The van der Waals surface area contributed by atoms with E-state index in [0.29, 0.717) is 17.0 Å². The van der Waals surface area contributed by atoms with Crippen molar-refractivity contribution >= 4 is 59.2 Å². The molecule has 2 rings (SSSR count). The van der Waals surface area contributed by atoms with Crippen molar-refractivity contribution in [1.82, 2.24) is 4.98 Å². The highest BCUT2D eigenvalue weighted by Gasteiger charge is 2.36. The summed E-state index contributed by atoms with van der Waals surface area (Å²) >= 11 is 12.0. The molecule has 0 amide bonds. The molecule has 1 aromatic heterocycles. The molecule has 1 aromatic carbocycles. The normalized spacial score (nSPS) is 12.3. The standard InChI is InChI=1S/C15H12Br2ClF3N2O3S/c1-26-8-23(13-4-9(6-16)7-22-14(13)17)27(24,25)10-2-3-12(18)11(5-10)15(19,20)21/h2-5,7H,6,8H2,1H3. The van der Waals surface area contributed by atoms with E-state index in [1.165, 1.54) is 19.4 Å². The van der Waals surface area contributed by atoms with Gasteiger partial charge in [0.15, 0.2) is 0 Å². The molecule has 0 unspecified atom stereocenters. The van der Waals surface area contributed by atoms with Gasteiger partial charge in [-0.25, -0.2) is 17.7 Å². The highest BCUT2D eigenvalue weighted by Crippen LogP contribution is 2.37. The number of hydrogen-bond donors (Lipinski definition) is 0. The van der Waals surface area contributed by atoms with Crippen LogP contribution in [-0.4, -0.2) is 27.2 Å². The number of aromatic nitrogens is 1. The van der Waals surface area contributed by atoms with Crippen molar-refractivity contribution in [3.63, 3.8) is 0 Å². The van der Waals surface area contributed by atoms with E-state index in [1.54, 1.807) is 0 Å². The summed E-state index contributed by atoms with van der Waals surface area (Å²) in [6.45, 7) is -0.432. The quantitative estimate of drug-likeness (QED) is 0.281. The lowest BCUT2D eigenvalue weighted by molar-refractivity contribution is -0.137. The number of hydrogen-bond acceptors (Lipinski definition) is 4. The lowest BCUT2D eigenvalue weighted by Crippen LogP contribution is -2.33. The highest BCUT2D eigenvalue weighted by atomic mass is 79.9. The molecule has 0 aliphatic heterocycles. The van der Waals surface area contributed by atoms with Crippen LogP contribution in [0.5, 0.6) is 0 Å². The van der Waals surface area contributed by atoms with Crippen molar-refractivity contribution in [2.45, 2.75) is 16.4 Å². The number of alkyl halides is 4. The Morgan fingerprint density at radius 3 is 2.52 bits per heavy atom. The van der Waals surface area contributed by atoms with Crippen molar-refractivity contribution in [3.8, 4) is 0 Å². The zero-order valence-corrected chi connectivity index (χ0v) is 18.3. The van der Waals surface area contributed by atoms with Crippen LogP contribution in [0.2, 0.25) is 5.02 Å². The van der Waals surface area contributed by atoms with E-state index in [2.05, 4.69) is 36.8 Å². The molecule has 0 saturated carbocycles. The third-order valence-electron chi connectivity index (χ3n) is 3.38. The van der Waals surface area contributed by atoms with Gasteiger partial charge in [0.1, 0.15) is 11.3 Å². The zero-order chi connectivity index (χ0) is 20.4. The van der Waals surface area contributed by atoms with Gasteiger partial charge >= 0.3 is 6.18 Å². The van der Waals surface area contributed by atoms with Gasteiger partial charge in [0, 0.05) is 18.6 Å². The maximum absolute atomic E-state index is 13.1. The smallest absolute Gasteiger partial charge is 0.363 e. The Hall–Kier alpha value is -0.880. The SMILES string of the molecule is COCN(c1cc(CBr)cnc1Br)S(=O)(=O)c1ccc(Cl)c(C(F)(F)F)c1. The molecule has 1 heterocycles. The van der Waals surface area contributed by atoms with Gasteiger partial charge in [-0.15, -0.1) is 0 Å². The summed E-state index contributed by atoms with van der Waals surface area (Å²) in [6, 6.07) is 3.93. The molecule has 2 aromatic rings. The minimum absolute atomic E-state index is 0.123. The van der Waals surface area contributed by atoms with Crippen LogP contribution in [0.25, 0.3) is 0 Å². The lowest BCUT2D eigenvalue weighted by atomic mass is 10.2. The number of nitrogens with zero attached hydrogens (tertiary/aromatic N) is 2. The van der Waals surface area contributed by atoms with E-state index in [-0.39, 0.29) is 10.3 Å². The number of methoxy groups -OCH3 is 1. The second-order valence-electron chi connectivity index (χ2n) is 5.20. The van der Waals surface area contributed by atoms with Crippen LogP contribution in [-0.2, 0) is 26.3 Å².